The predicted octanol–water partition coefficient (Wildman–Crippen LogP) is 3.40. The smallest absolute Gasteiger partial charge is 0.282 e. The molecule has 1 fully saturated rings. The number of imide groups is 1. The van der Waals surface area contributed by atoms with Gasteiger partial charge in [-0.25, -0.2) is 4.90 Å². The second kappa shape index (κ2) is 8.71. The van der Waals surface area contributed by atoms with Crippen molar-refractivity contribution in [2.24, 2.45) is 0 Å². The second-order valence-electron chi connectivity index (χ2n) is 7.48. The molecule has 2 aromatic rings. The van der Waals surface area contributed by atoms with Crippen LogP contribution in [-0.4, -0.2) is 49.6 Å². The SMILES string of the molecule is CCCOc1ccc(C2=C(N3CCOCC3)C(=O)N(c3cccc(C)c3)C2=O)cc1. The van der Waals surface area contributed by atoms with E-state index in [1.807, 2.05) is 54.3 Å². The van der Waals surface area contributed by atoms with Crippen molar-refractivity contribution < 1.29 is 19.1 Å². The summed E-state index contributed by atoms with van der Waals surface area (Å²) in [4.78, 5) is 30.2. The molecule has 6 nitrogen and oxygen atoms in total. The zero-order valence-electron chi connectivity index (χ0n) is 17.4. The molecular formula is C24H26N2O4. The third-order valence-corrected chi connectivity index (χ3v) is 5.26. The number of carbonyl (C=O) groups is 2. The Bertz CT molecular complexity index is 975. The summed E-state index contributed by atoms with van der Waals surface area (Å²) in [6.07, 6.45) is 0.923. The standard InChI is InChI=1S/C24H26N2O4/c1-3-13-30-20-9-7-18(8-10-20)21-22(25-11-14-29-15-12-25)24(28)26(23(21)27)19-6-4-5-17(2)16-19/h4-10,16H,3,11-15H2,1-2H3. The minimum absolute atomic E-state index is 0.284. The van der Waals surface area contributed by atoms with Crippen molar-refractivity contribution in [1.82, 2.24) is 4.90 Å². The number of hydrogen-bond donors (Lipinski definition) is 0. The van der Waals surface area contributed by atoms with Gasteiger partial charge in [0.05, 0.1) is 31.1 Å². The number of benzene rings is 2. The average Bonchev–Trinajstić information content (AvgIpc) is 3.03. The van der Waals surface area contributed by atoms with Gasteiger partial charge in [0.1, 0.15) is 11.4 Å². The van der Waals surface area contributed by atoms with Gasteiger partial charge < -0.3 is 14.4 Å². The van der Waals surface area contributed by atoms with Crippen LogP contribution < -0.4 is 9.64 Å². The van der Waals surface area contributed by atoms with Crippen LogP contribution in [0.25, 0.3) is 5.57 Å². The van der Waals surface area contributed by atoms with E-state index in [-0.39, 0.29) is 11.8 Å². The summed E-state index contributed by atoms with van der Waals surface area (Å²) in [5.41, 5.74) is 3.19. The molecule has 6 heteroatoms. The quantitative estimate of drug-likeness (QED) is 0.688. The average molecular weight is 406 g/mol. The highest BCUT2D eigenvalue weighted by molar-refractivity contribution is 6.45. The van der Waals surface area contributed by atoms with E-state index >= 15 is 0 Å². The lowest BCUT2D eigenvalue weighted by atomic mass is 10.0. The summed E-state index contributed by atoms with van der Waals surface area (Å²) in [6.45, 7) is 6.87. The van der Waals surface area contributed by atoms with Crippen molar-refractivity contribution in [3.63, 3.8) is 0 Å². The van der Waals surface area contributed by atoms with Gasteiger partial charge in [-0.1, -0.05) is 31.2 Å². The Balaban J connectivity index is 1.75. The summed E-state index contributed by atoms with van der Waals surface area (Å²) in [5.74, 6) is 0.171. The molecule has 2 aromatic carbocycles. The number of anilines is 1. The highest BCUT2D eigenvalue weighted by Crippen LogP contribution is 2.35. The number of aryl methyl sites for hydroxylation is 1. The first-order valence-electron chi connectivity index (χ1n) is 10.4. The lowest BCUT2D eigenvalue weighted by molar-refractivity contribution is -0.121. The molecule has 2 amide bonds. The van der Waals surface area contributed by atoms with Crippen LogP contribution in [0.1, 0.15) is 24.5 Å². The Labute approximate surface area is 176 Å². The maximum Gasteiger partial charge on any atom is 0.282 e. The number of ether oxygens (including phenoxy) is 2. The first kappa shape index (κ1) is 20.2. The van der Waals surface area contributed by atoms with Gasteiger partial charge in [0, 0.05) is 13.1 Å². The van der Waals surface area contributed by atoms with Crippen molar-refractivity contribution in [1.29, 1.82) is 0 Å². The van der Waals surface area contributed by atoms with E-state index in [2.05, 4.69) is 6.92 Å². The summed E-state index contributed by atoms with van der Waals surface area (Å²) in [5, 5.41) is 0. The van der Waals surface area contributed by atoms with Gasteiger partial charge >= 0.3 is 0 Å². The van der Waals surface area contributed by atoms with Gasteiger partial charge in [-0.15, -0.1) is 0 Å². The van der Waals surface area contributed by atoms with Gasteiger partial charge in [-0.2, -0.15) is 0 Å². The molecule has 1 saturated heterocycles. The number of carbonyl (C=O) groups excluding carboxylic acids is 2. The summed E-state index contributed by atoms with van der Waals surface area (Å²) < 4.78 is 11.1. The second-order valence-corrected chi connectivity index (χ2v) is 7.48. The molecular weight excluding hydrogens is 380 g/mol. The fourth-order valence-corrected chi connectivity index (χ4v) is 3.80. The minimum atomic E-state index is -0.297. The number of morpholine rings is 1. The van der Waals surface area contributed by atoms with Gasteiger partial charge in [-0.05, 0) is 48.7 Å². The molecule has 0 aliphatic carbocycles. The Morgan fingerprint density at radius 1 is 1.00 bits per heavy atom. The Morgan fingerprint density at radius 2 is 1.73 bits per heavy atom. The maximum absolute atomic E-state index is 13.5. The molecule has 0 aromatic heterocycles. The lowest BCUT2D eigenvalue weighted by Crippen LogP contribution is -2.40. The third-order valence-electron chi connectivity index (χ3n) is 5.26. The molecule has 0 atom stereocenters. The van der Waals surface area contributed by atoms with Crippen molar-refractivity contribution in [2.45, 2.75) is 20.3 Å². The maximum atomic E-state index is 13.5. The largest absolute Gasteiger partial charge is 0.494 e. The number of nitrogens with zero attached hydrogens (tertiary/aromatic N) is 2. The Hall–Kier alpha value is -3.12. The highest BCUT2D eigenvalue weighted by Gasteiger charge is 2.42. The lowest BCUT2D eigenvalue weighted by Gasteiger charge is -2.29. The van der Waals surface area contributed by atoms with Gasteiger partial charge in [-0.3, -0.25) is 9.59 Å². The number of amides is 2. The molecule has 4 rings (SSSR count). The van der Waals surface area contributed by atoms with Gasteiger partial charge in [0.2, 0.25) is 0 Å². The highest BCUT2D eigenvalue weighted by atomic mass is 16.5. The fourth-order valence-electron chi connectivity index (χ4n) is 3.80. The minimum Gasteiger partial charge on any atom is -0.494 e. The van der Waals surface area contributed by atoms with Crippen LogP contribution in [0.3, 0.4) is 0 Å². The molecule has 0 bridgehead atoms. The van der Waals surface area contributed by atoms with Crippen molar-refractivity contribution in [2.75, 3.05) is 37.8 Å². The van der Waals surface area contributed by atoms with Crippen molar-refractivity contribution >= 4 is 23.1 Å². The van der Waals surface area contributed by atoms with Crippen LogP contribution in [0.5, 0.6) is 5.75 Å². The van der Waals surface area contributed by atoms with E-state index in [4.69, 9.17) is 9.47 Å². The monoisotopic (exact) mass is 406 g/mol. The van der Waals surface area contributed by atoms with E-state index in [1.165, 1.54) is 4.90 Å². The Morgan fingerprint density at radius 3 is 2.40 bits per heavy atom. The van der Waals surface area contributed by atoms with E-state index in [9.17, 15) is 9.59 Å². The molecule has 0 spiro atoms. The zero-order chi connectivity index (χ0) is 21.1. The summed E-state index contributed by atoms with van der Waals surface area (Å²) >= 11 is 0. The molecule has 0 N–H and O–H groups in total. The first-order valence-corrected chi connectivity index (χ1v) is 10.4. The third kappa shape index (κ3) is 3.83. The molecule has 0 radical (unpaired) electrons. The summed E-state index contributed by atoms with van der Waals surface area (Å²) in [6, 6.07) is 14.9. The van der Waals surface area contributed by atoms with Crippen LogP contribution in [0.15, 0.2) is 54.2 Å². The topological polar surface area (TPSA) is 59.1 Å². The molecule has 0 saturated carbocycles. The molecule has 2 aliphatic rings. The van der Waals surface area contributed by atoms with E-state index in [1.54, 1.807) is 6.07 Å². The van der Waals surface area contributed by atoms with Crippen LogP contribution in [0.4, 0.5) is 5.69 Å². The molecule has 156 valence electrons. The van der Waals surface area contributed by atoms with E-state index < -0.39 is 0 Å². The molecule has 2 heterocycles. The number of rotatable bonds is 6. The van der Waals surface area contributed by atoms with E-state index in [0.29, 0.717) is 55.4 Å². The fraction of sp³-hybridized carbons (Fsp3) is 0.333. The molecule has 0 unspecified atom stereocenters. The van der Waals surface area contributed by atoms with Crippen molar-refractivity contribution in [3.8, 4) is 5.75 Å². The Kier molecular flexibility index (Phi) is 5.86. The van der Waals surface area contributed by atoms with Crippen molar-refractivity contribution in [3.05, 3.63) is 65.4 Å². The zero-order valence-corrected chi connectivity index (χ0v) is 17.4. The predicted molar refractivity (Wildman–Crippen MR) is 115 cm³/mol. The first-order chi connectivity index (χ1) is 14.6. The molecule has 30 heavy (non-hydrogen) atoms. The van der Waals surface area contributed by atoms with Crippen LogP contribution >= 0.6 is 0 Å². The van der Waals surface area contributed by atoms with Crippen LogP contribution in [-0.2, 0) is 14.3 Å². The van der Waals surface area contributed by atoms with Gasteiger partial charge in [0.25, 0.3) is 11.8 Å². The van der Waals surface area contributed by atoms with Crippen LogP contribution in [0.2, 0.25) is 0 Å². The normalized spacial score (nSPS) is 17.1. The number of hydrogen-bond acceptors (Lipinski definition) is 5. The van der Waals surface area contributed by atoms with Gasteiger partial charge in [0.15, 0.2) is 0 Å². The van der Waals surface area contributed by atoms with E-state index in [0.717, 1.165) is 17.7 Å². The van der Waals surface area contributed by atoms with Crippen LogP contribution in [0, 0.1) is 6.92 Å². The molecule has 2 aliphatic heterocycles. The summed E-state index contributed by atoms with van der Waals surface area (Å²) in [7, 11) is 0.